The van der Waals surface area contributed by atoms with Crippen LogP contribution in [0.3, 0.4) is 0 Å². The molecule has 6 nitrogen and oxygen atoms in total. The molecule has 1 aromatic carbocycles. The zero-order chi connectivity index (χ0) is 24.1. The van der Waals surface area contributed by atoms with E-state index in [-0.39, 0.29) is 23.8 Å². The van der Waals surface area contributed by atoms with Gasteiger partial charge in [-0.3, -0.25) is 14.6 Å². The summed E-state index contributed by atoms with van der Waals surface area (Å²) in [4.78, 5) is 29.9. The topological polar surface area (TPSA) is 78.1 Å². The molecule has 1 aromatic heterocycles. The third-order valence-corrected chi connectivity index (χ3v) is 5.40. The maximum atomic E-state index is 14.5. The lowest BCUT2D eigenvalue weighted by molar-refractivity contribution is 0.0894. The van der Waals surface area contributed by atoms with Crippen LogP contribution in [0, 0.1) is 11.2 Å². The van der Waals surface area contributed by atoms with Gasteiger partial charge in [-0.25, -0.2) is 9.37 Å². The number of halogens is 6. The highest BCUT2D eigenvalue weighted by molar-refractivity contribution is 8.45. The molecule has 0 unspecified atom stereocenters. The maximum absolute atomic E-state index is 14.5. The van der Waals surface area contributed by atoms with E-state index in [9.17, 15) is 33.4 Å². The number of carbonyl (C=O) groups excluding carboxylic acids is 1. The first-order valence-corrected chi connectivity index (χ1v) is 10.8. The Bertz CT molecular complexity index is 1080. The normalized spacial score (nSPS) is 15.6. The summed E-state index contributed by atoms with van der Waals surface area (Å²) in [5.41, 5.74) is -2.32. The van der Waals surface area contributed by atoms with Gasteiger partial charge in [0.1, 0.15) is 16.4 Å². The molecule has 1 atom stereocenters. The van der Waals surface area contributed by atoms with Crippen molar-refractivity contribution in [3.63, 3.8) is 0 Å². The number of rotatable bonds is 5. The average molecular weight is 472 g/mol. The summed E-state index contributed by atoms with van der Waals surface area (Å²) < 4.78 is 79.5. The Morgan fingerprint density at radius 2 is 1.71 bits per heavy atom. The van der Waals surface area contributed by atoms with Crippen LogP contribution in [-0.4, -0.2) is 30.0 Å². The minimum Gasteiger partial charge on any atom is -0.348 e. The second kappa shape index (κ2) is 6.90. The van der Waals surface area contributed by atoms with Crippen LogP contribution < -0.4 is 15.8 Å². The minimum atomic E-state index is -10.1. The predicted molar refractivity (Wildman–Crippen MR) is 107 cm³/mol. The molecule has 0 spiro atoms. The molecule has 0 aliphatic heterocycles. The Balaban J connectivity index is 2.50. The largest absolute Gasteiger partial charge is 0.348 e. The van der Waals surface area contributed by atoms with E-state index in [1.807, 2.05) is 0 Å². The fourth-order valence-corrected chi connectivity index (χ4v) is 3.37. The summed E-state index contributed by atoms with van der Waals surface area (Å²) >= 11 is 0. The number of aromatic amines is 1. The molecule has 0 saturated heterocycles. The van der Waals surface area contributed by atoms with Gasteiger partial charge in [0.15, 0.2) is 0 Å². The third kappa shape index (κ3) is 5.93. The first kappa shape index (κ1) is 24.6. The van der Waals surface area contributed by atoms with Gasteiger partial charge in [0.2, 0.25) is 5.95 Å². The third-order valence-electron chi connectivity index (χ3n) is 4.26. The molecule has 0 radical (unpaired) electrons. The van der Waals surface area contributed by atoms with Crippen molar-refractivity contribution in [3.05, 3.63) is 51.7 Å². The van der Waals surface area contributed by atoms with Crippen molar-refractivity contribution in [3.8, 4) is 0 Å². The van der Waals surface area contributed by atoms with Gasteiger partial charge in [0, 0.05) is 25.7 Å². The summed E-state index contributed by atoms with van der Waals surface area (Å²) in [6.45, 7) is 4.69. The van der Waals surface area contributed by atoms with E-state index in [4.69, 9.17) is 0 Å². The second-order valence-electron chi connectivity index (χ2n) is 8.27. The Hall–Kier alpha value is -2.70. The lowest BCUT2D eigenvalue weighted by Gasteiger charge is -2.41. The van der Waals surface area contributed by atoms with Crippen molar-refractivity contribution in [2.45, 2.75) is 31.7 Å². The fourth-order valence-electron chi connectivity index (χ4n) is 2.72. The van der Waals surface area contributed by atoms with Crippen molar-refractivity contribution >= 4 is 22.1 Å². The Morgan fingerprint density at radius 3 is 2.16 bits per heavy atom. The molecule has 31 heavy (non-hydrogen) atoms. The Labute approximate surface area is 174 Å². The summed E-state index contributed by atoms with van der Waals surface area (Å²) in [7, 11) is -6.95. The SMILES string of the molecule is CN(C)c1nc(C(=O)N[C@@H](c2ccc(S(F)(F)(F)(F)F)cc2F)C(C)(C)C)cc(=O)[nH]1. The van der Waals surface area contributed by atoms with Crippen molar-refractivity contribution < 1.29 is 28.6 Å². The summed E-state index contributed by atoms with van der Waals surface area (Å²) in [6, 6.07) is 0.0411. The first-order chi connectivity index (χ1) is 13.7. The zero-order valence-electron chi connectivity index (χ0n) is 17.3. The number of amides is 1. The van der Waals surface area contributed by atoms with Crippen LogP contribution in [0.2, 0.25) is 0 Å². The van der Waals surface area contributed by atoms with Gasteiger partial charge < -0.3 is 10.2 Å². The molecule has 2 aromatic rings. The van der Waals surface area contributed by atoms with E-state index < -0.39 is 49.4 Å². The number of hydrogen-bond donors (Lipinski definition) is 2. The molecular formula is C18H22F6N4O2S. The average Bonchev–Trinajstić information content (AvgIpc) is 2.56. The molecule has 0 aliphatic rings. The quantitative estimate of drug-likeness (QED) is 0.590. The number of nitrogens with one attached hydrogen (secondary N) is 2. The highest BCUT2D eigenvalue weighted by Gasteiger charge is 2.65. The molecule has 0 fully saturated rings. The summed E-state index contributed by atoms with van der Waals surface area (Å²) in [5, 5.41) is 2.43. The van der Waals surface area contributed by atoms with Gasteiger partial charge in [-0.05, 0) is 17.5 Å². The molecule has 0 saturated carbocycles. The van der Waals surface area contributed by atoms with Gasteiger partial charge in [0.25, 0.3) is 11.5 Å². The molecule has 1 heterocycles. The van der Waals surface area contributed by atoms with Gasteiger partial charge in [0.05, 0.1) is 6.04 Å². The summed E-state index contributed by atoms with van der Waals surface area (Å²) in [6.07, 6.45) is 0. The minimum absolute atomic E-state index is 0.0661. The van der Waals surface area contributed by atoms with Crippen molar-refractivity contribution in [2.24, 2.45) is 5.41 Å². The van der Waals surface area contributed by atoms with Gasteiger partial charge in [-0.1, -0.05) is 46.3 Å². The van der Waals surface area contributed by atoms with Crippen LogP contribution in [-0.2, 0) is 0 Å². The number of hydrogen-bond acceptors (Lipinski definition) is 4. The highest BCUT2D eigenvalue weighted by atomic mass is 32.5. The van der Waals surface area contributed by atoms with E-state index in [1.54, 1.807) is 34.9 Å². The van der Waals surface area contributed by atoms with Crippen molar-refractivity contribution in [2.75, 3.05) is 19.0 Å². The monoisotopic (exact) mass is 472 g/mol. The van der Waals surface area contributed by atoms with Crippen LogP contribution in [0.4, 0.5) is 29.8 Å². The van der Waals surface area contributed by atoms with Crippen LogP contribution in [0.1, 0.15) is 42.9 Å². The van der Waals surface area contributed by atoms with Crippen LogP contribution in [0.5, 0.6) is 0 Å². The van der Waals surface area contributed by atoms with Gasteiger partial charge in [-0.15, -0.1) is 0 Å². The molecule has 0 bridgehead atoms. The molecule has 2 rings (SSSR count). The van der Waals surface area contributed by atoms with E-state index in [0.717, 1.165) is 6.07 Å². The fraction of sp³-hybridized carbons (Fsp3) is 0.389. The van der Waals surface area contributed by atoms with E-state index in [2.05, 4.69) is 15.3 Å². The van der Waals surface area contributed by atoms with E-state index >= 15 is 0 Å². The Morgan fingerprint density at radius 1 is 1.13 bits per heavy atom. The van der Waals surface area contributed by atoms with Crippen LogP contribution >= 0.6 is 10.2 Å². The molecule has 174 valence electrons. The lowest BCUT2D eigenvalue weighted by Crippen LogP contribution is -2.38. The maximum Gasteiger partial charge on any atom is 0.310 e. The number of anilines is 1. The molecule has 0 aliphatic carbocycles. The van der Waals surface area contributed by atoms with Crippen LogP contribution in [0.25, 0.3) is 0 Å². The van der Waals surface area contributed by atoms with Crippen molar-refractivity contribution in [1.82, 2.24) is 15.3 Å². The smallest absolute Gasteiger partial charge is 0.310 e. The number of aromatic nitrogens is 2. The molecule has 13 heteroatoms. The summed E-state index contributed by atoms with van der Waals surface area (Å²) in [5.74, 6) is -2.39. The second-order valence-corrected chi connectivity index (χ2v) is 10.7. The van der Waals surface area contributed by atoms with E-state index in [0.29, 0.717) is 6.07 Å². The predicted octanol–water partition coefficient (Wildman–Crippen LogP) is 5.15. The molecule has 1 amide bonds. The van der Waals surface area contributed by atoms with Gasteiger partial charge >= 0.3 is 10.2 Å². The zero-order valence-corrected chi connectivity index (χ0v) is 18.1. The number of H-pyrrole nitrogens is 1. The highest BCUT2D eigenvalue weighted by Crippen LogP contribution is 3.02. The van der Waals surface area contributed by atoms with Gasteiger partial charge in [-0.2, -0.15) is 0 Å². The Kier molecular flexibility index (Phi) is 5.47. The first-order valence-electron chi connectivity index (χ1n) is 8.82. The van der Waals surface area contributed by atoms with Crippen molar-refractivity contribution in [1.29, 1.82) is 0 Å². The number of nitrogens with zero attached hydrogens (tertiary/aromatic N) is 2. The van der Waals surface area contributed by atoms with Crippen LogP contribution in [0.15, 0.2) is 34.0 Å². The lowest BCUT2D eigenvalue weighted by atomic mass is 9.82. The van der Waals surface area contributed by atoms with E-state index in [1.165, 1.54) is 4.90 Å². The number of benzene rings is 1. The molecular weight excluding hydrogens is 450 g/mol. The number of carbonyl (C=O) groups is 1. The standard InChI is InChI=1S/C18H22F6N4O2S/c1-18(2,3)15(11-7-6-10(8-12(11)19)31(20,21,22,23)24)27-16(30)13-9-14(29)26-17(25-13)28(4)5/h6-9,15H,1-5H3,(H,27,30)(H,25,26,29)/t15-/m0/s1. The molecule has 2 N–H and O–H groups in total.